The molecule has 3 rings (SSSR count). The van der Waals surface area contributed by atoms with Crippen molar-refractivity contribution in [2.75, 3.05) is 11.5 Å². The number of phenols is 1. The Balaban J connectivity index is 2.09. The van der Waals surface area contributed by atoms with E-state index in [0.717, 1.165) is 22.6 Å². The lowest BCUT2D eigenvalue weighted by atomic mass is 10.1. The highest BCUT2D eigenvalue weighted by molar-refractivity contribution is 6.39. The van der Waals surface area contributed by atoms with E-state index in [9.17, 15) is 29.6 Å². The fourth-order valence-electron chi connectivity index (χ4n) is 2.88. The first kappa shape index (κ1) is 21.8. The summed E-state index contributed by atoms with van der Waals surface area (Å²) in [7, 11) is 0. The summed E-state index contributed by atoms with van der Waals surface area (Å²) >= 11 is 6.08. The summed E-state index contributed by atoms with van der Waals surface area (Å²) < 4.78 is 5.19. The number of hydrogen-bond acceptors (Lipinski definition) is 7. The first-order chi connectivity index (χ1) is 14.6. The molecule has 0 aromatic heterocycles. The number of nitro groups is 1. The largest absolute Gasteiger partial charge is 0.500 e. The third-order valence-electron chi connectivity index (χ3n) is 4.40. The van der Waals surface area contributed by atoms with Gasteiger partial charge in [0.25, 0.3) is 11.8 Å². The third kappa shape index (κ3) is 4.19. The number of nitro benzene ring substituents is 1. The number of aryl methyl sites for hydroxylation is 1. The number of aromatic hydroxyl groups is 1. The number of benzene rings is 2. The quantitative estimate of drug-likeness (QED) is 0.311. The highest BCUT2D eigenvalue weighted by Crippen LogP contribution is 2.38. The zero-order valence-electron chi connectivity index (χ0n) is 16.3. The Morgan fingerprint density at radius 2 is 1.97 bits per heavy atom. The van der Waals surface area contributed by atoms with Crippen molar-refractivity contribution in [3.05, 3.63) is 62.2 Å². The number of hydrogen-bond donors (Lipinski definition) is 2. The van der Waals surface area contributed by atoms with Gasteiger partial charge in [-0.05, 0) is 49.2 Å². The van der Waals surface area contributed by atoms with Gasteiger partial charge in [0, 0.05) is 11.1 Å². The Hall–Kier alpha value is -3.92. The van der Waals surface area contributed by atoms with E-state index in [4.69, 9.17) is 16.3 Å². The third-order valence-corrected chi connectivity index (χ3v) is 4.81. The Bertz CT molecular complexity index is 1160. The Morgan fingerprint density at radius 3 is 2.58 bits per heavy atom. The molecule has 1 aliphatic rings. The number of carbonyl (C=O) groups excluding carboxylic acids is 3. The Kier molecular flexibility index (Phi) is 5.93. The lowest BCUT2D eigenvalue weighted by molar-refractivity contribution is -0.386. The number of carbonyl (C=O) groups is 3. The van der Waals surface area contributed by atoms with Gasteiger partial charge in [0.05, 0.1) is 17.2 Å². The molecular weight excluding hydrogens is 430 g/mol. The van der Waals surface area contributed by atoms with E-state index in [-0.39, 0.29) is 23.6 Å². The second-order valence-electron chi connectivity index (χ2n) is 6.47. The topological polar surface area (TPSA) is 139 Å². The minimum Gasteiger partial charge on any atom is -0.500 e. The van der Waals surface area contributed by atoms with Gasteiger partial charge in [-0.2, -0.15) is 0 Å². The Morgan fingerprint density at radius 1 is 1.26 bits per heavy atom. The van der Waals surface area contributed by atoms with Crippen LogP contribution in [0.15, 0.2) is 35.9 Å². The highest BCUT2D eigenvalue weighted by atomic mass is 35.5. The maximum Gasteiger partial charge on any atom is 0.335 e. The number of nitrogens with zero attached hydrogens (tertiary/aromatic N) is 2. The minimum absolute atomic E-state index is 0.0442. The van der Waals surface area contributed by atoms with Crippen LogP contribution in [0.25, 0.3) is 6.08 Å². The van der Waals surface area contributed by atoms with Gasteiger partial charge in [-0.25, -0.2) is 9.69 Å². The number of ether oxygens (including phenoxy) is 1. The fraction of sp³-hybridized carbons (Fsp3) is 0.150. The molecule has 1 fully saturated rings. The van der Waals surface area contributed by atoms with E-state index in [0.29, 0.717) is 5.02 Å². The number of imide groups is 2. The predicted molar refractivity (Wildman–Crippen MR) is 111 cm³/mol. The van der Waals surface area contributed by atoms with Crippen LogP contribution in [0.3, 0.4) is 0 Å². The van der Waals surface area contributed by atoms with E-state index in [1.807, 2.05) is 0 Å². The van der Waals surface area contributed by atoms with Crippen LogP contribution in [-0.4, -0.2) is 34.5 Å². The molecule has 2 aromatic rings. The number of halogens is 1. The number of nitrogens with one attached hydrogen (secondary N) is 1. The van der Waals surface area contributed by atoms with Gasteiger partial charge in [-0.1, -0.05) is 17.7 Å². The molecule has 0 saturated carbocycles. The van der Waals surface area contributed by atoms with E-state index in [1.165, 1.54) is 18.2 Å². The first-order valence-electron chi connectivity index (χ1n) is 8.95. The summed E-state index contributed by atoms with van der Waals surface area (Å²) in [5, 5.41) is 23.6. The molecule has 1 aliphatic heterocycles. The van der Waals surface area contributed by atoms with Crippen LogP contribution in [0.1, 0.15) is 18.1 Å². The van der Waals surface area contributed by atoms with Crippen molar-refractivity contribution < 1.29 is 29.2 Å². The SMILES string of the molecule is CCOc1cc(/C=C2/C(=O)NC(=O)N(c3ccc(C)c(Cl)c3)C2=O)cc([N+](=O)[O-])c1O. The van der Waals surface area contributed by atoms with Crippen molar-refractivity contribution in [3.63, 3.8) is 0 Å². The van der Waals surface area contributed by atoms with Crippen molar-refractivity contribution in [1.29, 1.82) is 0 Å². The maximum absolute atomic E-state index is 13.0. The molecule has 31 heavy (non-hydrogen) atoms. The van der Waals surface area contributed by atoms with Gasteiger partial charge in [0.15, 0.2) is 5.75 Å². The van der Waals surface area contributed by atoms with Crippen molar-refractivity contribution in [1.82, 2.24) is 5.32 Å². The monoisotopic (exact) mass is 445 g/mol. The van der Waals surface area contributed by atoms with Gasteiger partial charge in [0.2, 0.25) is 5.75 Å². The van der Waals surface area contributed by atoms with Crippen LogP contribution in [-0.2, 0) is 9.59 Å². The van der Waals surface area contributed by atoms with Crippen LogP contribution < -0.4 is 15.0 Å². The molecule has 0 spiro atoms. The van der Waals surface area contributed by atoms with E-state index >= 15 is 0 Å². The second kappa shape index (κ2) is 8.44. The Labute approximate surface area is 180 Å². The molecule has 1 heterocycles. The van der Waals surface area contributed by atoms with Crippen molar-refractivity contribution in [3.8, 4) is 11.5 Å². The summed E-state index contributed by atoms with van der Waals surface area (Å²) in [6, 6.07) is 5.76. The molecule has 2 N–H and O–H groups in total. The normalized spacial score (nSPS) is 15.3. The minimum atomic E-state index is -0.974. The van der Waals surface area contributed by atoms with Crippen LogP contribution in [0.4, 0.5) is 16.2 Å². The van der Waals surface area contributed by atoms with Crippen LogP contribution in [0, 0.1) is 17.0 Å². The summed E-state index contributed by atoms with van der Waals surface area (Å²) in [4.78, 5) is 48.7. The molecule has 0 unspecified atom stereocenters. The molecule has 11 heteroatoms. The second-order valence-corrected chi connectivity index (χ2v) is 6.88. The van der Waals surface area contributed by atoms with E-state index in [2.05, 4.69) is 5.32 Å². The summed E-state index contributed by atoms with van der Waals surface area (Å²) in [6.07, 6.45) is 1.07. The molecular formula is C20H16ClN3O7. The van der Waals surface area contributed by atoms with Gasteiger partial charge in [-0.15, -0.1) is 0 Å². The molecule has 10 nitrogen and oxygen atoms in total. The number of barbiturate groups is 1. The average Bonchev–Trinajstić information content (AvgIpc) is 2.69. The summed E-state index contributed by atoms with van der Waals surface area (Å²) in [5.74, 6) is -2.79. The maximum atomic E-state index is 13.0. The lowest BCUT2D eigenvalue weighted by Gasteiger charge is -2.26. The van der Waals surface area contributed by atoms with E-state index < -0.39 is 39.8 Å². The smallest absolute Gasteiger partial charge is 0.335 e. The predicted octanol–water partition coefficient (Wildman–Crippen LogP) is 3.33. The van der Waals surface area contributed by atoms with Crippen LogP contribution in [0.2, 0.25) is 5.02 Å². The fourth-order valence-corrected chi connectivity index (χ4v) is 3.06. The molecule has 4 amide bonds. The zero-order chi connectivity index (χ0) is 22.9. The van der Waals surface area contributed by atoms with Crippen molar-refractivity contribution in [2.24, 2.45) is 0 Å². The number of phenolic OH excluding ortho intramolecular Hbond substituents is 1. The standard InChI is InChI=1S/C20H16ClN3O7/c1-3-31-16-8-11(7-15(17(16)25)24(29)30)6-13-18(26)22-20(28)23(19(13)27)12-5-4-10(2)14(21)9-12/h4-9,25H,3H2,1-2H3,(H,22,26,28)/b13-6-. The number of amides is 4. The van der Waals surface area contributed by atoms with Crippen LogP contribution >= 0.6 is 11.6 Å². The molecule has 160 valence electrons. The number of urea groups is 1. The van der Waals surface area contributed by atoms with Gasteiger partial charge >= 0.3 is 11.7 Å². The molecule has 2 aromatic carbocycles. The number of anilines is 1. The van der Waals surface area contributed by atoms with Gasteiger partial charge in [0.1, 0.15) is 5.57 Å². The lowest BCUT2D eigenvalue weighted by Crippen LogP contribution is -2.54. The first-order valence-corrected chi connectivity index (χ1v) is 9.33. The molecule has 0 radical (unpaired) electrons. The van der Waals surface area contributed by atoms with Gasteiger partial charge < -0.3 is 9.84 Å². The molecule has 0 aliphatic carbocycles. The van der Waals surface area contributed by atoms with E-state index in [1.54, 1.807) is 19.9 Å². The zero-order valence-corrected chi connectivity index (χ0v) is 17.1. The van der Waals surface area contributed by atoms with Crippen molar-refractivity contribution in [2.45, 2.75) is 13.8 Å². The molecule has 0 bridgehead atoms. The highest BCUT2D eigenvalue weighted by Gasteiger charge is 2.37. The molecule has 1 saturated heterocycles. The van der Waals surface area contributed by atoms with Crippen LogP contribution in [0.5, 0.6) is 11.5 Å². The average molecular weight is 446 g/mol. The molecule has 0 atom stereocenters. The van der Waals surface area contributed by atoms with Gasteiger partial charge in [-0.3, -0.25) is 25.0 Å². The van der Waals surface area contributed by atoms with Crippen molar-refractivity contribution >= 4 is 46.9 Å². The number of rotatable bonds is 5. The summed E-state index contributed by atoms with van der Waals surface area (Å²) in [5.41, 5.74) is -0.202. The summed E-state index contributed by atoms with van der Waals surface area (Å²) in [6.45, 7) is 3.47.